The highest BCUT2D eigenvalue weighted by Gasteiger charge is 2.23. The van der Waals surface area contributed by atoms with E-state index in [-0.39, 0.29) is 5.69 Å². The van der Waals surface area contributed by atoms with Gasteiger partial charge >= 0.3 is 5.69 Å². The Balaban J connectivity index is 1.34. The molecule has 138 valence electrons. The van der Waals surface area contributed by atoms with E-state index in [0.717, 1.165) is 53.9 Å². The molecule has 5 heterocycles. The standard InChI is InChI=1S/C19H21N7O/c1-24-8-6-14-16(24)21-12-22-17(14)25-9-4-13(5-10-25)11-26-18-15(23-19(26)27)3-2-7-20-18/h2-3,6-8,12-13H,4-5,9-11H2,1H3,(H,23,27). The minimum atomic E-state index is -0.0760. The molecule has 0 aromatic carbocycles. The van der Waals surface area contributed by atoms with Crippen LogP contribution in [-0.4, -0.2) is 42.2 Å². The fourth-order valence-electron chi connectivity index (χ4n) is 4.06. The molecule has 27 heavy (non-hydrogen) atoms. The molecule has 4 aromatic heterocycles. The maximum absolute atomic E-state index is 12.3. The van der Waals surface area contributed by atoms with Gasteiger partial charge in [0, 0.05) is 39.1 Å². The first kappa shape index (κ1) is 16.0. The van der Waals surface area contributed by atoms with Gasteiger partial charge in [0.15, 0.2) is 5.65 Å². The van der Waals surface area contributed by atoms with E-state index in [1.165, 1.54) is 0 Å². The summed E-state index contributed by atoms with van der Waals surface area (Å²) in [6.07, 6.45) is 7.43. The lowest BCUT2D eigenvalue weighted by Gasteiger charge is -2.33. The molecule has 0 radical (unpaired) electrons. The van der Waals surface area contributed by atoms with Crippen LogP contribution in [0.2, 0.25) is 0 Å². The molecule has 5 rings (SSSR count). The minimum Gasteiger partial charge on any atom is -0.356 e. The number of nitrogens with one attached hydrogen (secondary N) is 1. The molecule has 0 atom stereocenters. The van der Waals surface area contributed by atoms with Gasteiger partial charge in [-0.3, -0.25) is 4.57 Å². The monoisotopic (exact) mass is 363 g/mol. The van der Waals surface area contributed by atoms with E-state index in [0.29, 0.717) is 12.5 Å². The SMILES string of the molecule is Cn1ccc2c(N3CCC(Cn4c(=O)[nH]c5cccnc54)CC3)ncnc21. The van der Waals surface area contributed by atoms with Gasteiger partial charge in [-0.25, -0.2) is 19.7 Å². The molecule has 0 bridgehead atoms. The third-order valence-corrected chi connectivity index (χ3v) is 5.52. The number of rotatable bonds is 3. The number of aromatic nitrogens is 6. The Morgan fingerprint density at radius 1 is 1.15 bits per heavy atom. The molecular formula is C19H21N7O. The number of aromatic amines is 1. The Morgan fingerprint density at radius 2 is 2.00 bits per heavy atom. The Morgan fingerprint density at radius 3 is 2.85 bits per heavy atom. The van der Waals surface area contributed by atoms with E-state index in [1.54, 1.807) is 17.1 Å². The molecule has 0 spiro atoms. The number of H-pyrrole nitrogens is 1. The first-order valence-electron chi connectivity index (χ1n) is 9.25. The minimum absolute atomic E-state index is 0.0760. The summed E-state index contributed by atoms with van der Waals surface area (Å²) in [5.41, 5.74) is 2.42. The lowest BCUT2D eigenvalue weighted by molar-refractivity contribution is 0.356. The predicted molar refractivity (Wildman–Crippen MR) is 104 cm³/mol. The van der Waals surface area contributed by atoms with Crippen LogP contribution in [0.3, 0.4) is 0 Å². The molecule has 1 fully saturated rings. The van der Waals surface area contributed by atoms with Crippen molar-refractivity contribution >= 4 is 28.0 Å². The number of imidazole rings is 1. The van der Waals surface area contributed by atoms with E-state index in [1.807, 2.05) is 29.9 Å². The zero-order chi connectivity index (χ0) is 18.4. The molecule has 4 aromatic rings. The Labute approximate surface area is 155 Å². The summed E-state index contributed by atoms with van der Waals surface area (Å²) >= 11 is 0. The predicted octanol–water partition coefficient (Wildman–Crippen LogP) is 1.92. The number of aryl methyl sites for hydroxylation is 1. The largest absolute Gasteiger partial charge is 0.356 e. The number of pyridine rings is 1. The number of hydrogen-bond acceptors (Lipinski definition) is 5. The summed E-state index contributed by atoms with van der Waals surface area (Å²) in [5, 5.41) is 1.09. The number of nitrogens with zero attached hydrogens (tertiary/aromatic N) is 6. The summed E-state index contributed by atoms with van der Waals surface area (Å²) in [4.78, 5) is 30.8. The van der Waals surface area contributed by atoms with E-state index < -0.39 is 0 Å². The Hall–Kier alpha value is -3.16. The van der Waals surface area contributed by atoms with Crippen LogP contribution in [0.25, 0.3) is 22.2 Å². The first-order chi connectivity index (χ1) is 13.2. The van der Waals surface area contributed by atoms with Crippen LogP contribution in [0.4, 0.5) is 5.82 Å². The van der Waals surface area contributed by atoms with Gasteiger partial charge in [-0.2, -0.15) is 0 Å². The normalized spacial score (nSPS) is 15.8. The maximum atomic E-state index is 12.3. The fourth-order valence-corrected chi connectivity index (χ4v) is 4.06. The van der Waals surface area contributed by atoms with Crippen LogP contribution in [0, 0.1) is 5.92 Å². The molecule has 0 unspecified atom stereocenters. The zero-order valence-electron chi connectivity index (χ0n) is 15.2. The molecule has 1 saturated heterocycles. The van der Waals surface area contributed by atoms with Gasteiger partial charge in [-0.15, -0.1) is 0 Å². The summed E-state index contributed by atoms with van der Waals surface area (Å²) in [7, 11) is 2.00. The van der Waals surface area contributed by atoms with Gasteiger partial charge in [0.25, 0.3) is 0 Å². The van der Waals surface area contributed by atoms with Crippen molar-refractivity contribution in [2.24, 2.45) is 13.0 Å². The molecular weight excluding hydrogens is 342 g/mol. The van der Waals surface area contributed by atoms with Crippen molar-refractivity contribution in [1.29, 1.82) is 0 Å². The summed E-state index contributed by atoms with van der Waals surface area (Å²) in [6, 6.07) is 5.81. The lowest BCUT2D eigenvalue weighted by atomic mass is 9.96. The van der Waals surface area contributed by atoms with Gasteiger partial charge in [0.2, 0.25) is 0 Å². The topological polar surface area (TPSA) is 84.6 Å². The second-order valence-electron chi connectivity index (χ2n) is 7.21. The van der Waals surface area contributed by atoms with Crippen molar-refractivity contribution < 1.29 is 0 Å². The van der Waals surface area contributed by atoms with E-state index in [4.69, 9.17) is 0 Å². The number of piperidine rings is 1. The van der Waals surface area contributed by atoms with Crippen LogP contribution >= 0.6 is 0 Å². The zero-order valence-corrected chi connectivity index (χ0v) is 15.2. The Kier molecular flexibility index (Phi) is 3.70. The van der Waals surface area contributed by atoms with Crippen LogP contribution in [-0.2, 0) is 13.6 Å². The van der Waals surface area contributed by atoms with Crippen molar-refractivity contribution in [3.05, 3.63) is 47.4 Å². The van der Waals surface area contributed by atoms with Crippen molar-refractivity contribution in [2.45, 2.75) is 19.4 Å². The first-order valence-corrected chi connectivity index (χ1v) is 9.25. The highest BCUT2D eigenvalue weighted by molar-refractivity contribution is 5.87. The van der Waals surface area contributed by atoms with Crippen LogP contribution in [0.5, 0.6) is 0 Å². The van der Waals surface area contributed by atoms with Crippen molar-refractivity contribution in [1.82, 2.24) is 29.1 Å². The number of fused-ring (bicyclic) bond motifs is 2. The third kappa shape index (κ3) is 2.68. The lowest BCUT2D eigenvalue weighted by Crippen LogP contribution is -2.36. The van der Waals surface area contributed by atoms with Crippen LogP contribution in [0.15, 0.2) is 41.7 Å². The highest BCUT2D eigenvalue weighted by Crippen LogP contribution is 2.28. The van der Waals surface area contributed by atoms with Gasteiger partial charge in [0.1, 0.15) is 17.8 Å². The average molecular weight is 363 g/mol. The summed E-state index contributed by atoms with van der Waals surface area (Å²) in [5.74, 6) is 1.46. The summed E-state index contributed by atoms with van der Waals surface area (Å²) < 4.78 is 3.79. The molecule has 0 aliphatic carbocycles. The maximum Gasteiger partial charge on any atom is 0.327 e. The van der Waals surface area contributed by atoms with Gasteiger partial charge in [-0.05, 0) is 37.0 Å². The van der Waals surface area contributed by atoms with Crippen molar-refractivity contribution in [3.8, 4) is 0 Å². The number of hydrogen-bond donors (Lipinski definition) is 1. The van der Waals surface area contributed by atoms with Crippen LogP contribution < -0.4 is 10.6 Å². The second kappa shape index (κ2) is 6.22. The quantitative estimate of drug-likeness (QED) is 0.601. The molecule has 0 amide bonds. The van der Waals surface area contributed by atoms with E-state index >= 15 is 0 Å². The fraction of sp³-hybridized carbons (Fsp3) is 0.368. The smallest absolute Gasteiger partial charge is 0.327 e. The molecule has 8 heteroatoms. The Bertz CT molecular complexity index is 1160. The molecule has 0 saturated carbocycles. The van der Waals surface area contributed by atoms with Gasteiger partial charge in [-0.1, -0.05) is 0 Å². The average Bonchev–Trinajstić information content (AvgIpc) is 3.23. The molecule has 8 nitrogen and oxygen atoms in total. The highest BCUT2D eigenvalue weighted by atomic mass is 16.1. The van der Waals surface area contributed by atoms with Gasteiger partial charge in [0.05, 0.1) is 10.9 Å². The molecule has 1 N–H and O–H groups in total. The van der Waals surface area contributed by atoms with Gasteiger partial charge < -0.3 is 14.5 Å². The van der Waals surface area contributed by atoms with E-state index in [2.05, 4.69) is 30.9 Å². The summed E-state index contributed by atoms with van der Waals surface area (Å²) in [6.45, 7) is 2.56. The van der Waals surface area contributed by atoms with E-state index in [9.17, 15) is 4.79 Å². The van der Waals surface area contributed by atoms with Crippen molar-refractivity contribution in [2.75, 3.05) is 18.0 Å². The van der Waals surface area contributed by atoms with Crippen LogP contribution in [0.1, 0.15) is 12.8 Å². The number of anilines is 1. The van der Waals surface area contributed by atoms with Crippen molar-refractivity contribution in [3.63, 3.8) is 0 Å². The molecule has 1 aliphatic rings. The second-order valence-corrected chi connectivity index (χ2v) is 7.21. The third-order valence-electron chi connectivity index (χ3n) is 5.52. The molecule has 1 aliphatic heterocycles.